The zero-order valence-corrected chi connectivity index (χ0v) is 21.1. The molecule has 0 saturated carbocycles. The van der Waals surface area contributed by atoms with Gasteiger partial charge in [-0.2, -0.15) is 0 Å². The first kappa shape index (κ1) is 24.7. The number of aliphatic imine (C=N–C) groups is 1. The summed E-state index contributed by atoms with van der Waals surface area (Å²) in [5.41, 5.74) is 4.30. The number of sulfonamides is 1. The highest BCUT2D eigenvalue weighted by Gasteiger charge is 2.22. The van der Waals surface area contributed by atoms with Gasteiger partial charge in [-0.25, -0.2) is 18.1 Å². The molecule has 8 heteroatoms. The van der Waals surface area contributed by atoms with Crippen molar-refractivity contribution in [1.82, 2.24) is 14.6 Å². The second kappa shape index (κ2) is 10.0. The molecule has 7 nitrogen and oxygen atoms in total. The summed E-state index contributed by atoms with van der Waals surface area (Å²) in [7, 11) is 0.325. The number of nitrogens with zero attached hydrogens (tertiary/aromatic N) is 2. The van der Waals surface area contributed by atoms with Crippen molar-refractivity contribution in [2.75, 3.05) is 14.1 Å². The van der Waals surface area contributed by atoms with Crippen LogP contribution < -0.4 is 4.72 Å². The molecule has 0 fully saturated rings. The smallest absolute Gasteiger partial charge is 0.240 e. The summed E-state index contributed by atoms with van der Waals surface area (Å²) in [5.74, 6) is -0.0711. The summed E-state index contributed by atoms with van der Waals surface area (Å²) in [6.45, 7) is 4.36. The van der Waals surface area contributed by atoms with Gasteiger partial charge in [0.25, 0.3) is 0 Å². The van der Waals surface area contributed by atoms with Crippen molar-refractivity contribution in [2.45, 2.75) is 31.3 Å². The predicted octanol–water partition coefficient (Wildman–Crippen LogP) is 4.79. The highest BCUT2D eigenvalue weighted by atomic mass is 32.2. The van der Waals surface area contributed by atoms with E-state index in [2.05, 4.69) is 14.6 Å². The van der Waals surface area contributed by atoms with Crippen molar-refractivity contribution < 1.29 is 13.5 Å². The molecule has 3 N–H and O–H groups in total. The van der Waals surface area contributed by atoms with Crippen LogP contribution >= 0.6 is 0 Å². The SMILES string of the molecule is CC(C)NS(=O)(=O)c1ccc2[nH]c(O)c(C(=Nc3ccc(CN(C)C)cc3)c3ccccc3)c2c1. The molecule has 0 atom stereocenters. The number of aromatic nitrogens is 1. The predicted molar refractivity (Wildman–Crippen MR) is 141 cm³/mol. The van der Waals surface area contributed by atoms with Gasteiger partial charge in [-0.1, -0.05) is 42.5 Å². The van der Waals surface area contributed by atoms with E-state index in [1.54, 1.807) is 26.0 Å². The normalized spacial score (nSPS) is 12.7. The standard InChI is InChI=1S/C27H30N4O3S/c1-18(2)30-35(33,34)22-14-15-24-23(16-22)25(27(32)29-24)26(20-8-6-5-7-9-20)28-21-12-10-19(11-13-21)17-31(3)4/h5-16,18,29-30,32H,17H2,1-4H3. The lowest BCUT2D eigenvalue weighted by molar-refractivity contribution is 0.402. The molecule has 0 aliphatic carbocycles. The topological polar surface area (TPSA) is 97.8 Å². The molecule has 0 unspecified atom stereocenters. The van der Waals surface area contributed by atoms with Crippen molar-refractivity contribution in [3.05, 3.63) is 89.5 Å². The Labute approximate surface area is 206 Å². The fourth-order valence-electron chi connectivity index (χ4n) is 3.97. The van der Waals surface area contributed by atoms with E-state index in [-0.39, 0.29) is 16.8 Å². The van der Waals surface area contributed by atoms with E-state index in [1.165, 1.54) is 6.07 Å². The zero-order chi connectivity index (χ0) is 25.2. The first-order chi connectivity index (χ1) is 16.6. The molecule has 0 bridgehead atoms. The number of rotatable bonds is 8. The number of aromatic hydroxyl groups is 1. The lowest BCUT2D eigenvalue weighted by Gasteiger charge is -2.11. The van der Waals surface area contributed by atoms with Crippen LogP contribution in [0.2, 0.25) is 0 Å². The molecule has 0 saturated heterocycles. The molecule has 1 aromatic heterocycles. The second-order valence-electron chi connectivity index (χ2n) is 9.06. The van der Waals surface area contributed by atoms with Crippen molar-refractivity contribution in [3.8, 4) is 5.88 Å². The molecule has 4 aromatic rings. The Morgan fingerprint density at radius 1 is 1.03 bits per heavy atom. The monoisotopic (exact) mass is 490 g/mol. The minimum absolute atomic E-state index is 0.0711. The minimum atomic E-state index is -3.71. The summed E-state index contributed by atoms with van der Waals surface area (Å²) in [6.07, 6.45) is 0. The molecule has 0 spiro atoms. The third-order valence-electron chi connectivity index (χ3n) is 5.41. The Morgan fingerprint density at radius 2 is 1.71 bits per heavy atom. The van der Waals surface area contributed by atoms with Gasteiger partial charge in [-0.05, 0) is 63.8 Å². The maximum Gasteiger partial charge on any atom is 0.240 e. The van der Waals surface area contributed by atoms with Gasteiger partial charge in [0.05, 0.1) is 21.9 Å². The second-order valence-corrected chi connectivity index (χ2v) is 10.8. The quantitative estimate of drug-likeness (QED) is 0.309. The summed E-state index contributed by atoms with van der Waals surface area (Å²) < 4.78 is 28.3. The van der Waals surface area contributed by atoms with Crippen LogP contribution in [0.4, 0.5) is 5.69 Å². The van der Waals surface area contributed by atoms with E-state index in [1.807, 2.05) is 68.7 Å². The van der Waals surface area contributed by atoms with Gasteiger partial charge in [0.1, 0.15) is 0 Å². The maximum absolute atomic E-state index is 12.8. The number of hydrogen-bond acceptors (Lipinski definition) is 5. The third-order valence-corrected chi connectivity index (χ3v) is 7.07. The number of benzene rings is 3. The Kier molecular flexibility index (Phi) is 7.07. The largest absolute Gasteiger partial charge is 0.494 e. The molecular formula is C27H30N4O3S. The van der Waals surface area contributed by atoms with Gasteiger partial charge >= 0.3 is 0 Å². The Balaban J connectivity index is 1.89. The van der Waals surface area contributed by atoms with E-state index >= 15 is 0 Å². The van der Waals surface area contributed by atoms with Gasteiger partial charge in [0.15, 0.2) is 5.88 Å². The summed E-state index contributed by atoms with van der Waals surface area (Å²) >= 11 is 0. The van der Waals surface area contributed by atoms with E-state index in [0.717, 1.165) is 23.4 Å². The van der Waals surface area contributed by atoms with E-state index < -0.39 is 10.0 Å². The molecule has 1 heterocycles. The highest BCUT2D eigenvalue weighted by Crippen LogP contribution is 2.33. The van der Waals surface area contributed by atoms with Crippen molar-refractivity contribution in [1.29, 1.82) is 0 Å². The third kappa shape index (κ3) is 5.62. The van der Waals surface area contributed by atoms with Gasteiger partial charge in [-0.3, -0.25) is 0 Å². The summed E-state index contributed by atoms with van der Waals surface area (Å²) in [4.78, 5) is 10.1. The van der Waals surface area contributed by atoms with Crippen molar-refractivity contribution in [2.24, 2.45) is 4.99 Å². The molecule has 0 amide bonds. The van der Waals surface area contributed by atoms with E-state index in [9.17, 15) is 13.5 Å². The number of aromatic amines is 1. The van der Waals surface area contributed by atoms with Crippen LogP contribution in [0, 0.1) is 0 Å². The van der Waals surface area contributed by atoms with E-state index in [0.29, 0.717) is 22.2 Å². The number of fused-ring (bicyclic) bond motifs is 1. The van der Waals surface area contributed by atoms with Crippen LogP contribution in [0.15, 0.2) is 82.7 Å². The van der Waals surface area contributed by atoms with Crippen LogP contribution in [0.25, 0.3) is 10.9 Å². The minimum Gasteiger partial charge on any atom is -0.494 e. The molecule has 0 radical (unpaired) electrons. The number of hydrogen-bond donors (Lipinski definition) is 3. The lowest BCUT2D eigenvalue weighted by Crippen LogP contribution is -2.30. The van der Waals surface area contributed by atoms with Crippen LogP contribution in [0.3, 0.4) is 0 Å². The Bertz CT molecular complexity index is 1460. The first-order valence-corrected chi connectivity index (χ1v) is 12.9. The fourth-order valence-corrected chi connectivity index (χ4v) is 5.25. The van der Waals surface area contributed by atoms with Gasteiger partial charge in [0, 0.05) is 29.1 Å². The molecule has 3 aromatic carbocycles. The van der Waals surface area contributed by atoms with Gasteiger partial charge < -0.3 is 15.0 Å². The molecule has 0 aliphatic heterocycles. The first-order valence-electron chi connectivity index (χ1n) is 11.4. The molecule has 0 aliphatic rings. The maximum atomic E-state index is 12.8. The van der Waals surface area contributed by atoms with Gasteiger partial charge in [-0.15, -0.1) is 0 Å². The molecule has 182 valence electrons. The van der Waals surface area contributed by atoms with Crippen LogP contribution in [0.1, 0.15) is 30.5 Å². The Hall–Kier alpha value is -3.46. The van der Waals surface area contributed by atoms with Crippen molar-refractivity contribution >= 4 is 32.3 Å². The van der Waals surface area contributed by atoms with Crippen LogP contribution in [0.5, 0.6) is 5.88 Å². The molecule has 35 heavy (non-hydrogen) atoms. The molecule has 4 rings (SSSR count). The fraction of sp³-hybridized carbons (Fsp3) is 0.222. The average molecular weight is 491 g/mol. The lowest BCUT2D eigenvalue weighted by atomic mass is 10.0. The molecular weight excluding hydrogens is 460 g/mol. The van der Waals surface area contributed by atoms with E-state index in [4.69, 9.17) is 4.99 Å². The number of nitrogens with one attached hydrogen (secondary N) is 2. The average Bonchev–Trinajstić information content (AvgIpc) is 3.13. The summed E-state index contributed by atoms with van der Waals surface area (Å²) in [5, 5.41) is 11.5. The highest BCUT2D eigenvalue weighted by molar-refractivity contribution is 7.89. The number of H-pyrrole nitrogens is 1. The summed E-state index contributed by atoms with van der Waals surface area (Å²) in [6, 6.07) is 22.0. The van der Waals surface area contributed by atoms with Crippen LogP contribution in [-0.2, 0) is 16.6 Å². The Morgan fingerprint density at radius 3 is 2.34 bits per heavy atom. The van der Waals surface area contributed by atoms with Crippen molar-refractivity contribution in [3.63, 3.8) is 0 Å². The van der Waals surface area contributed by atoms with Crippen LogP contribution in [-0.4, -0.2) is 49.3 Å². The zero-order valence-electron chi connectivity index (χ0n) is 20.3. The van der Waals surface area contributed by atoms with Gasteiger partial charge in [0.2, 0.25) is 10.0 Å².